The highest BCUT2D eigenvalue weighted by atomic mass is 16.2. The maximum absolute atomic E-state index is 11.6. The molecular formula is C23H29N5O. The van der Waals surface area contributed by atoms with Gasteiger partial charge in [0, 0.05) is 57.8 Å². The fourth-order valence-electron chi connectivity index (χ4n) is 4.08. The number of aromatic nitrogens is 2. The molecule has 1 aliphatic heterocycles. The van der Waals surface area contributed by atoms with E-state index < -0.39 is 0 Å². The molecule has 1 N–H and O–H groups in total. The van der Waals surface area contributed by atoms with Gasteiger partial charge >= 0.3 is 0 Å². The summed E-state index contributed by atoms with van der Waals surface area (Å²) in [7, 11) is 1.83. The number of hydrogen-bond acceptors (Lipinski definition) is 4. The van der Waals surface area contributed by atoms with E-state index in [2.05, 4.69) is 63.3 Å². The molecule has 29 heavy (non-hydrogen) atoms. The van der Waals surface area contributed by atoms with Crippen molar-refractivity contribution < 1.29 is 4.79 Å². The summed E-state index contributed by atoms with van der Waals surface area (Å²) in [5, 5.41) is 8.88. The Morgan fingerprint density at radius 2 is 1.90 bits per heavy atom. The van der Waals surface area contributed by atoms with Crippen molar-refractivity contribution in [2.24, 2.45) is 0 Å². The Bertz CT molecular complexity index is 1000. The van der Waals surface area contributed by atoms with E-state index in [1.165, 1.54) is 10.9 Å². The summed E-state index contributed by atoms with van der Waals surface area (Å²) in [4.78, 5) is 18.2. The second kappa shape index (κ2) is 8.25. The molecule has 0 saturated carbocycles. The largest absolute Gasteiger partial charge is 0.352 e. The number of anilines is 2. The van der Waals surface area contributed by atoms with Crippen LogP contribution in [0.1, 0.15) is 18.1 Å². The molecule has 0 aliphatic carbocycles. The van der Waals surface area contributed by atoms with Gasteiger partial charge < -0.3 is 9.80 Å². The normalized spacial score (nSPS) is 15.1. The van der Waals surface area contributed by atoms with E-state index in [-0.39, 0.29) is 5.91 Å². The van der Waals surface area contributed by atoms with Crippen molar-refractivity contribution in [3.05, 3.63) is 53.6 Å². The number of rotatable bonds is 5. The van der Waals surface area contributed by atoms with Gasteiger partial charge in [-0.2, -0.15) is 5.10 Å². The lowest BCUT2D eigenvalue weighted by molar-refractivity contribution is -0.116. The van der Waals surface area contributed by atoms with Gasteiger partial charge in [-0.25, -0.2) is 0 Å². The standard InChI is InChI=1S/C23H29N5O/c1-17-16-19(8-9-22(17)26(3)18(2)29)10-11-27-12-14-28(15-13-27)23-20-6-4-5-7-21(20)24-25-23/h4-9,16H,10-15H2,1-3H3,(H,24,25). The van der Waals surface area contributed by atoms with Crippen LogP contribution in [-0.2, 0) is 11.2 Å². The number of carbonyl (C=O) groups excluding carboxylic acids is 1. The molecule has 0 radical (unpaired) electrons. The fraction of sp³-hybridized carbons (Fsp3) is 0.391. The van der Waals surface area contributed by atoms with E-state index in [1.807, 2.05) is 13.1 Å². The molecule has 152 valence electrons. The van der Waals surface area contributed by atoms with Crippen LogP contribution in [0.25, 0.3) is 10.9 Å². The van der Waals surface area contributed by atoms with Gasteiger partial charge in [-0.05, 0) is 42.7 Å². The Balaban J connectivity index is 1.32. The molecule has 4 rings (SSSR count). The van der Waals surface area contributed by atoms with Gasteiger partial charge in [0.15, 0.2) is 5.82 Å². The lowest BCUT2D eigenvalue weighted by Gasteiger charge is -2.35. The molecule has 3 aromatic rings. The molecule has 2 heterocycles. The monoisotopic (exact) mass is 391 g/mol. The van der Waals surface area contributed by atoms with Crippen molar-refractivity contribution in [2.75, 3.05) is 49.6 Å². The summed E-state index contributed by atoms with van der Waals surface area (Å²) in [5.74, 6) is 1.13. The first kappa shape index (κ1) is 19.5. The molecule has 0 spiro atoms. The summed E-state index contributed by atoms with van der Waals surface area (Å²) in [6, 6.07) is 14.7. The molecule has 6 nitrogen and oxygen atoms in total. The smallest absolute Gasteiger partial charge is 0.223 e. The number of benzene rings is 2. The molecule has 0 unspecified atom stereocenters. The van der Waals surface area contributed by atoms with Crippen molar-refractivity contribution in [1.82, 2.24) is 15.1 Å². The third kappa shape index (κ3) is 4.12. The zero-order valence-electron chi connectivity index (χ0n) is 17.5. The van der Waals surface area contributed by atoms with Crippen LogP contribution in [0.2, 0.25) is 0 Å². The van der Waals surface area contributed by atoms with Gasteiger partial charge in [0.1, 0.15) is 0 Å². The zero-order valence-corrected chi connectivity index (χ0v) is 17.5. The third-order valence-corrected chi connectivity index (χ3v) is 5.93. The Morgan fingerprint density at radius 3 is 2.62 bits per heavy atom. The number of aryl methyl sites for hydroxylation is 1. The molecule has 1 amide bonds. The Hall–Kier alpha value is -2.86. The number of nitrogens with zero attached hydrogens (tertiary/aromatic N) is 4. The highest BCUT2D eigenvalue weighted by Crippen LogP contribution is 2.25. The second-order valence-electron chi connectivity index (χ2n) is 7.87. The summed E-state index contributed by atoms with van der Waals surface area (Å²) in [6.45, 7) is 8.81. The van der Waals surface area contributed by atoms with E-state index in [9.17, 15) is 4.79 Å². The SMILES string of the molecule is CC(=O)N(C)c1ccc(CCN2CCN(c3n[nH]c4ccccc34)CC2)cc1C. The lowest BCUT2D eigenvalue weighted by Crippen LogP contribution is -2.47. The van der Waals surface area contributed by atoms with Crippen molar-refractivity contribution in [1.29, 1.82) is 0 Å². The van der Waals surface area contributed by atoms with Crippen LogP contribution in [0.3, 0.4) is 0 Å². The van der Waals surface area contributed by atoms with Crippen LogP contribution >= 0.6 is 0 Å². The second-order valence-corrected chi connectivity index (χ2v) is 7.87. The van der Waals surface area contributed by atoms with Crippen LogP contribution < -0.4 is 9.80 Å². The zero-order chi connectivity index (χ0) is 20.4. The minimum absolute atomic E-state index is 0.0587. The first-order chi connectivity index (χ1) is 14.0. The predicted octanol–water partition coefficient (Wildman–Crippen LogP) is 3.22. The number of carbonyl (C=O) groups is 1. The van der Waals surface area contributed by atoms with Gasteiger partial charge in [-0.3, -0.25) is 14.8 Å². The summed E-state index contributed by atoms with van der Waals surface area (Å²) in [6.07, 6.45) is 1.02. The van der Waals surface area contributed by atoms with Crippen LogP contribution in [0.15, 0.2) is 42.5 Å². The number of fused-ring (bicyclic) bond motifs is 1. The van der Waals surface area contributed by atoms with Gasteiger partial charge in [0.2, 0.25) is 5.91 Å². The van der Waals surface area contributed by atoms with E-state index in [0.717, 1.165) is 61.7 Å². The molecule has 0 atom stereocenters. The number of amides is 1. The average Bonchev–Trinajstić information content (AvgIpc) is 3.16. The number of H-pyrrole nitrogens is 1. The van der Waals surface area contributed by atoms with Gasteiger partial charge in [-0.15, -0.1) is 0 Å². The van der Waals surface area contributed by atoms with Crippen LogP contribution in [0.5, 0.6) is 0 Å². The molecule has 1 aromatic heterocycles. The Morgan fingerprint density at radius 1 is 1.14 bits per heavy atom. The lowest BCUT2D eigenvalue weighted by atomic mass is 10.1. The Labute approximate surface area is 172 Å². The number of para-hydroxylation sites is 1. The maximum atomic E-state index is 11.6. The molecule has 2 aromatic carbocycles. The van der Waals surface area contributed by atoms with E-state index in [1.54, 1.807) is 11.8 Å². The van der Waals surface area contributed by atoms with Crippen LogP contribution in [0, 0.1) is 6.92 Å². The highest BCUT2D eigenvalue weighted by molar-refractivity contribution is 5.91. The minimum atomic E-state index is 0.0587. The summed E-state index contributed by atoms with van der Waals surface area (Å²) >= 11 is 0. The molecule has 1 saturated heterocycles. The highest BCUT2D eigenvalue weighted by Gasteiger charge is 2.20. The fourth-order valence-corrected chi connectivity index (χ4v) is 4.08. The van der Waals surface area contributed by atoms with E-state index in [4.69, 9.17) is 0 Å². The van der Waals surface area contributed by atoms with Gasteiger partial charge in [-0.1, -0.05) is 24.3 Å². The first-order valence-electron chi connectivity index (χ1n) is 10.3. The molecular weight excluding hydrogens is 362 g/mol. The number of hydrogen-bond donors (Lipinski definition) is 1. The summed E-state index contributed by atoms with van der Waals surface area (Å²) < 4.78 is 0. The third-order valence-electron chi connectivity index (χ3n) is 5.93. The number of piperazine rings is 1. The predicted molar refractivity (Wildman–Crippen MR) is 119 cm³/mol. The van der Waals surface area contributed by atoms with Gasteiger partial charge in [0.05, 0.1) is 5.52 Å². The van der Waals surface area contributed by atoms with Crippen molar-refractivity contribution in [2.45, 2.75) is 20.3 Å². The number of nitrogens with one attached hydrogen (secondary N) is 1. The molecule has 1 aliphatic rings. The van der Waals surface area contributed by atoms with Crippen molar-refractivity contribution in [3.8, 4) is 0 Å². The van der Waals surface area contributed by atoms with Crippen LogP contribution in [0.4, 0.5) is 11.5 Å². The number of aromatic amines is 1. The summed E-state index contributed by atoms with van der Waals surface area (Å²) in [5.41, 5.74) is 4.56. The molecule has 6 heteroatoms. The van der Waals surface area contributed by atoms with E-state index >= 15 is 0 Å². The average molecular weight is 392 g/mol. The quantitative estimate of drug-likeness (QED) is 0.726. The maximum Gasteiger partial charge on any atom is 0.223 e. The topological polar surface area (TPSA) is 55.5 Å². The van der Waals surface area contributed by atoms with Crippen LogP contribution in [-0.4, -0.2) is 60.8 Å². The molecule has 1 fully saturated rings. The Kier molecular flexibility index (Phi) is 5.53. The first-order valence-corrected chi connectivity index (χ1v) is 10.3. The van der Waals surface area contributed by atoms with Gasteiger partial charge in [0.25, 0.3) is 0 Å². The minimum Gasteiger partial charge on any atom is -0.352 e. The van der Waals surface area contributed by atoms with Crippen molar-refractivity contribution in [3.63, 3.8) is 0 Å². The van der Waals surface area contributed by atoms with E-state index in [0.29, 0.717) is 0 Å². The molecule has 0 bridgehead atoms. The van der Waals surface area contributed by atoms with Crippen molar-refractivity contribution >= 4 is 28.3 Å².